The quantitative estimate of drug-likeness (QED) is 0.488. The predicted molar refractivity (Wildman–Crippen MR) is 109 cm³/mol. The highest BCUT2D eigenvalue weighted by atomic mass is 14.5. The second-order valence-electron chi connectivity index (χ2n) is 7.99. The molecule has 0 aliphatic heterocycles. The Labute approximate surface area is 150 Å². The number of rotatable bonds is 8. The standard InChI is InChI=1S/C23H39N/c1-7-18(3)19(4)12-13-21(6)23(16-24)10-8-9-20(5)22-14-11-17(2)15-22/h8,10,12-13,16-18,20,22H,7,9,11,14-15,24H2,1-6H3/b10-8+,19-12-,21-13+,23-16+. The van der Waals surface area contributed by atoms with E-state index in [-0.39, 0.29) is 0 Å². The molecule has 1 aliphatic carbocycles. The molecule has 1 aliphatic rings. The molecule has 0 spiro atoms. The number of hydrogen-bond acceptors (Lipinski definition) is 1. The van der Waals surface area contributed by atoms with E-state index in [1.54, 1.807) is 6.20 Å². The van der Waals surface area contributed by atoms with Crippen molar-refractivity contribution in [2.24, 2.45) is 29.4 Å². The van der Waals surface area contributed by atoms with Crippen molar-refractivity contribution < 1.29 is 0 Å². The molecule has 0 radical (unpaired) electrons. The van der Waals surface area contributed by atoms with E-state index >= 15 is 0 Å². The molecule has 2 N–H and O–H groups in total. The van der Waals surface area contributed by atoms with Gasteiger partial charge in [-0.3, -0.25) is 0 Å². The second kappa shape index (κ2) is 10.6. The fraction of sp³-hybridized carbons (Fsp3) is 0.652. The first kappa shape index (κ1) is 20.8. The van der Waals surface area contributed by atoms with Crippen LogP contribution in [0.15, 0.2) is 47.2 Å². The maximum atomic E-state index is 5.85. The molecule has 0 heterocycles. The lowest BCUT2D eigenvalue weighted by Gasteiger charge is -2.17. The Morgan fingerprint density at radius 3 is 2.42 bits per heavy atom. The summed E-state index contributed by atoms with van der Waals surface area (Å²) in [7, 11) is 0. The summed E-state index contributed by atoms with van der Waals surface area (Å²) < 4.78 is 0. The Balaban J connectivity index is 2.60. The van der Waals surface area contributed by atoms with Crippen molar-refractivity contribution in [2.75, 3.05) is 0 Å². The van der Waals surface area contributed by atoms with E-state index in [1.165, 1.54) is 36.8 Å². The molecule has 1 saturated carbocycles. The average Bonchev–Trinajstić information content (AvgIpc) is 3.01. The Bertz CT molecular complexity index is 492. The van der Waals surface area contributed by atoms with Gasteiger partial charge in [-0.1, -0.05) is 64.0 Å². The van der Waals surface area contributed by atoms with Crippen LogP contribution in [0.3, 0.4) is 0 Å². The molecule has 0 aromatic carbocycles. The zero-order valence-electron chi connectivity index (χ0n) is 16.8. The van der Waals surface area contributed by atoms with Crippen LogP contribution >= 0.6 is 0 Å². The first-order chi connectivity index (χ1) is 11.4. The molecule has 1 nitrogen and oxygen atoms in total. The van der Waals surface area contributed by atoms with E-state index in [0.717, 1.165) is 29.7 Å². The van der Waals surface area contributed by atoms with Crippen LogP contribution in [0.1, 0.15) is 73.6 Å². The fourth-order valence-electron chi connectivity index (χ4n) is 3.53. The molecule has 0 aromatic heterocycles. The summed E-state index contributed by atoms with van der Waals surface area (Å²) in [5.41, 5.74) is 9.65. The smallest absolute Gasteiger partial charge is 0.00140 e. The molecule has 1 fully saturated rings. The van der Waals surface area contributed by atoms with Crippen LogP contribution in [0.2, 0.25) is 0 Å². The third-order valence-electron chi connectivity index (χ3n) is 5.97. The van der Waals surface area contributed by atoms with Crippen LogP contribution in [0, 0.1) is 23.7 Å². The highest BCUT2D eigenvalue weighted by Crippen LogP contribution is 2.36. The molecule has 24 heavy (non-hydrogen) atoms. The second-order valence-corrected chi connectivity index (χ2v) is 7.99. The maximum Gasteiger partial charge on any atom is 0.00140 e. The van der Waals surface area contributed by atoms with Crippen LogP contribution in [0.5, 0.6) is 0 Å². The summed E-state index contributed by atoms with van der Waals surface area (Å²) in [6.45, 7) is 13.7. The Morgan fingerprint density at radius 1 is 1.17 bits per heavy atom. The normalized spacial score (nSPS) is 26.2. The van der Waals surface area contributed by atoms with Gasteiger partial charge in [0.05, 0.1) is 0 Å². The minimum atomic E-state index is 0.643. The van der Waals surface area contributed by atoms with Crippen molar-refractivity contribution in [3.63, 3.8) is 0 Å². The summed E-state index contributed by atoms with van der Waals surface area (Å²) in [5.74, 6) is 3.26. The zero-order valence-corrected chi connectivity index (χ0v) is 16.8. The molecule has 0 saturated heterocycles. The van der Waals surface area contributed by atoms with E-state index in [1.807, 2.05) is 0 Å². The lowest BCUT2D eigenvalue weighted by atomic mass is 9.89. The van der Waals surface area contributed by atoms with E-state index in [0.29, 0.717) is 5.92 Å². The summed E-state index contributed by atoms with van der Waals surface area (Å²) in [4.78, 5) is 0. The fourth-order valence-corrected chi connectivity index (χ4v) is 3.53. The molecular weight excluding hydrogens is 290 g/mol. The van der Waals surface area contributed by atoms with Crippen LogP contribution in [0.4, 0.5) is 0 Å². The first-order valence-corrected chi connectivity index (χ1v) is 9.82. The van der Waals surface area contributed by atoms with Gasteiger partial charge in [0.2, 0.25) is 0 Å². The number of hydrogen-bond donors (Lipinski definition) is 1. The molecule has 4 unspecified atom stereocenters. The van der Waals surface area contributed by atoms with Gasteiger partial charge in [0.15, 0.2) is 0 Å². The number of nitrogens with two attached hydrogens (primary N) is 1. The van der Waals surface area contributed by atoms with Crippen LogP contribution in [-0.4, -0.2) is 0 Å². The summed E-state index contributed by atoms with van der Waals surface area (Å²) in [6, 6.07) is 0. The Morgan fingerprint density at radius 2 is 1.88 bits per heavy atom. The van der Waals surface area contributed by atoms with Gasteiger partial charge in [-0.25, -0.2) is 0 Å². The van der Waals surface area contributed by atoms with Gasteiger partial charge in [-0.05, 0) is 74.3 Å². The molecule has 0 aromatic rings. The van der Waals surface area contributed by atoms with Crippen LogP contribution in [0.25, 0.3) is 0 Å². The zero-order chi connectivity index (χ0) is 18.1. The SMILES string of the molecule is CCC(C)\C(C)=C/C=C(C)/C(/C=C/CC(C)C1CCC(C)C1)=C/N. The van der Waals surface area contributed by atoms with Gasteiger partial charge in [-0.15, -0.1) is 0 Å². The molecule has 1 heteroatoms. The van der Waals surface area contributed by atoms with E-state index in [9.17, 15) is 0 Å². The molecule has 0 amide bonds. The molecular formula is C23H39N. The van der Waals surface area contributed by atoms with E-state index in [4.69, 9.17) is 5.73 Å². The van der Waals surface area contributed by atoms with Gasteiger partial charge < -0.3 is 5.73 Å². The maximum absolute atomic E-state index is 5.85. The van der Waals surface area contributed by atoms with E-state index in [2.05, 4.69) is 65.8 Å². The van der Waals surface area contributed by atoms with Crippen LogP contribution < -0.4 is 5.73 Å². The lowest BCUT2D eigenvalue weighted by molar-refractivity contribution is 0.359. The minimum absolute atomic E-state index is 0.643. The Kier molecular flexibility index (Phi) is 9.18. The minimum Gasteiger partial charge on any atom is -0.404 e. The largest absolute Gasteiger partial charge is 0.404 e. The number of allylic oxidation sites excluding steroid dienone is 7. The lowest BCUT2D eigenvalue weighted by Crippen LogP contribution is -2.07. The summed E-state index contributed by atoms with van der Waals surface area (Å²) in [5, 5.41) is 0. The van der Waals surface area contributed by atoms with Crippen molar-refractivity contribution in [2.45, 2.75) is 73.6 Å². The van der Waals surface area contributed by atoms with Gasteiger partial charge in [0, 0.05) is 6.20 Å². The third kappa shape index (κ3) is 6.71. The van der Waals surface area contributed by atoms with Gasteiger partial charge in [-0.2, -0.15) is 0 Å². The average molecular weight is 330 g/mol. The van der Waals surface area contributed by atoms with Crippen LogP contribution in [-0.2, 0) is 0 Å². The third-order valence-corrected chi connectivity index (χ3v) is 5.97. The van der Waals surface area contributed by atoms with Crippen molar-refractivity contribution in [3.05, 3.63) is 47.2 Å². The van der Waals surface area contributed by atoms with Gasteiger partial charge in [0.1, 0.15) is 0 Å². The summed E-state index contributed by atoms with van der Waals surface area (Å²) in [6.07, 6.45) is 17.3. The highest BCUT2D eigenvalue weighted by molar-refractivity contribution is 5.40. The molecule has 4 atom stereocenters. The Hall–Kier alpha value is -1.24. The summed E-state index contributed by atoms with van der Waals surface area (Å²) >= 11 is 0. The van der Waals surface area contributed by atoms with Gasteiger partial charge >= 0.3 is 0 Å². The topological polar surface area (TPSA) is 26.0 Å². The molecule has 1 rings (SSSR count). The molecule has 0 bridgehead atoms. The van der Waals surface area contributed by atoms with Gasteiger partial charge in [0.25, 0.3) is 0 Å². The van der Waals surface area contributed by atoms with Crippen molar-refractivity contribution in [1.82, 2.24) is 0 Å². The van der Waals surface area contributed by atoms with Crippen molar-refractivity contribution in [1.29, 1.82) is 0 Å². The van der Waals surface area contributed by atoms with Crippen molar-refractivity contribution in [3.8, 4) is 0 Å². The molecule has 136 valence electrons. The first-order valence-electron chi connectivity index (χ1n) is 9.82. The monoisotopic (exact) mass is 329 g/mol. The predicted octanol–water partition coefficient (Wildman–Crippen LogP) is 6.79. The van der Waals surface area contributed by atoms with Crippen molar-refractivity contribution >= 4 is 0 Å². The highest BCUT2D eigenvalue weighted by Gasteiger charge is 2.25. The van der Waals surface area contributed by atoms with E-state index < -0.39 is 0 Å².